The second kappa shape index (κ2) is 8.29. The monoisotopic (exact) mass is 477 g/mol. The highest BCUT2D eigenvalue weighted by Gasteiger charge is 2.27. The Morgan fingerprint density at radius 2 is 2.00 bits per heavy atom. The fourth-order valence-corrected chi connectivity index (χ4v) is 4.03. The second-order valence-electron chi connectivity index (χ2n) is 8.76. The molecule has 2 aromatic carbocycles. The molecule has 4 aromatic rings. The van der Waals surface area contributed by atoms with Crippen LogP contribution in [0.15, 0.2) is 30.3 Å². The predicted molar refractivity (Wildman–Crippen MR) is 124 cm³/mol. The molecule has 35 heavy (non-hydrogen) atoms. The maximum atomic E-state index is 15.3. The molecule has 1 N–H and O–H groups in total. The second-order valence-corrected chi connectivity index (χ2v) is 8.76. The lowest BCUT2D eigenvalue weighted by atomic mass is 9.94. The lowest BCUT2D eigenvalue weighted by Crippen LogP contribution is -2.23. The highest BCUT2D eigenvalue weighted by molar-refractivity contribution is 5.94. The van der Waals surface area contributed by atoms with Crippen molar-refractivity contribution in [3.63, 3.8) is 0 Å². The standard InChI is InChI=1S/C25H21F2N5O3/c1-14-29-30-24-28-22(20-19(32(14)24)8-7-17(26)21(20)27)31-11-12-35-13-16-15(5-4-6-18(16)31)9-10-25(2,3)23(33)34/h4-8H,11-13H2,1-3H3,(H,33,34). The third-order valence-corrected chi connectivity index (χ3v) is 6.00. The third kappa shape index (κ3) is 3.74. The summed E-state index contributed by atoms with van der Waals surface area (Å²) in [5.41, 5.74) is 1.07. The summed E-state index contributed by atoms with van der Waals surface area (Å²) < 4.78 is 37.0. The maximum absolute atomic E-state index is 15.3. The molecule has 8 nitrogen and oxygen atoms in total. The molecule has 5 rings (SSSR count). The maximum Gasteiger partial charge on any atom is 0.321 e. The molecule has 1 aliphatic rings. The molecule has 0 bridgehead atoms. The number of ether oxygens (including phenoxy) is 1. The van der Waals surface area contributed by atoms with E-state index in [9.17, 15) is 14.3 Å². The Labute approximate surface area is 199 Å². The Hall–Kier alpha value is -4.10. The molecule has 178 valence electrons. The molecule has 0 unspecified atom stereocenters. The zero-order valence-electron chi connectivity index (χ0n) is 19.3. The third-order valence-electron chi connectivity index (χ3n) is 6.00. The van der Waals surface area contributed by atoms with Crippen LogP contribution >= 0.6 is 0 Å². The number of carbonyl (C=O) groups is 1. The highest BCUT2D eigenvalue weighted by atomic mass is 19.2. The summed E-state index contributed by atoms with van der Waals surface area (Å²) in [5, 5.41) is 17.5. The van der Waals surface area contributed by atoms with Crippen LogP contribution in [-0.2, 0) is 16.1 Å². The SMILES string of the molecule is Cc1nnc2nc(N3CCOCc4c(C#CC(C)(C)C(=O)O)cccc43)c3c(F)c(F)ccc3n12. The number of halogens is 2. The first-order valence-electron chi connectivity index (χ1n) is 10.9. The summed E-state index contributed by atoms with van der Waals surface area (Å²) in [6.45, 7) is 5.57. The smallest absolute Gasteiger partial charge is 0.321 e. The van der Waals surface area contributed by atoms with Crippen LogP contribution in [-0.4, -0.2) is 43.8 Å². The van der Waals surface area contributed by atoms with Crippen molar-refractivity contribution in [2.75, 3.05) is 18.1 Å². The number of aliphatic carboxylic acids is 1. The van der Waals surface area contributed by atoms with Gasteiger partial charge in [0.15, 0.2) is 11.6 Å². The normalized spacial score (nSPS) is 13.9. The van der Waals surface area contributed by atoms with Crippen molar-refractivity contribution >= 4 is 34.2 Å². The molecule has 0 saturated heterocycles. The fraction of sp³-hybridized carbons (Fsp3) is 0.280. The minimum Gasteiger partial charge on any atom is -0.480 e. The highest BCUT2D eigenvalue weighted by Crippen LogP contribution is 2.37. The number of hydrogen-bond donors (Lipinski definition) is 1. The summed E-state index contributed by atoms with van der Waals surface area (Å²) in [6, 6.07) is 7.91. The van der Waals surface area contributed by atoms with E-state index in [-0.39, 0.29) is 23.6 Å². The average molecular weight is 477 g/mol. The van der Waals surface area contributed by atoms with E-state index in [1.807, 2.05) is 6.07 Å². The molecule has 2 aromatic heterocycles. The Balaban J connectivity index is 1.76. The van der Waals surface area contributed by atoms with Gasteiger partial charge in [-0.3, -0.25) is 9.20 Å². The van der Waals surface area contributed by atoms with Crippen molar-refractivity contribution in [1.82, 2.24) is 19.6 Å². The summed E-state index contributed by atoms with van der Waals surface area (Å²) >= 11 is 0. The van der Waals surface area contributed by atoms with Gasteiger partial charge in [-0.05, 0) is 45.0 Å². The zero-order valence-corrected chi connectivity index (χ0v) is 19.3. The number of aryl methyl sites for hydroxylation is 1. The van der Waals surface area contributed by atoms with E-state index in [1.54, 1.807) is 28.4 Å². The van der Waals surface area contributed by atoms with Crippen molar-refractivity contribution in [3.8, 4) is 11.8 Å². The number of anilines is 2. The minimum absolute atomic E-state index is 0.00301. The average Bonchev–Trinajstić information content (AvgIpc) is 3.06. The molecular formula is C25H21F2N5O3. The van der Waals surface area contributed by atoms with Crippen molar-refractivity contribution in [3.05, 3.63) is 58.9 Å². The zero-order chi connectivity index (χ0) is 24.9. The van der Waals surface area contributed by atoms with Crippen molar-refractivity contribution < 1.29 is 23.4 Å². The van der Waals surface area contributed by atoms with Crippen molar-refractivity contribution in [2.24, 2.45) is 5.41 Å². The first-order valence-corrected chi connectivity index (χ1v) is 10.9. The molecule has 3 heterocycles. The van der Waals surface area contributed by atoms with E-state index < -0.39 is 23.0 Å². The number of carboxylic acid groups (broad SMARTS) is 1. The number of benzene rings is 2. The minimum atomic E-state index is -1.25. The predicted octanol–water partition coefficient (Wildman–Crippen LogP) is 3.99. The molecule has 0 aliphatic carbocycles. The molecule has 0 fully saturated rings. The van der Waals surface area contributed by atoms with Crippen LogP contribution in [0.4, 0.5) is 20.3 Å². The van der Waals surface area contributed by atoms with E-state index in [4.69, 9.17) is 4.74 Å². The number of hydrogen-bond acceptors (Lipinski definition) is 6. The Bertz CT molecular complexity index is 1570. The van der Waals surface area contributed by atoms with Gasteiger partial charge in [-0.25, -0.2) is 8.78 Å². The fourth-order valence-electron chi connectivity index (χ4n) is 4.03. The Kier molecular flexibility index (Phi) is 5.37. The number of nitrogens with zero attached hydrogens (tertiary/aromatic N) is 5. The van der Waals surface area contributed by atoms with Crippen LogP contribution in [0.1, 0.15) is 30.8 Å². The number of rotatable bonds is 2. The number of carboxylic acids is 1. The van der Waals surface area contributed by atoms with E-state index in [1.165, 1.54) is 19.9 Å². The van der Waals surface area contributed by atoms with Crippen LogP contribution in [0.5, 0.6) is 0 Å². The Morgan fingerprint density at radius 3 is 2.77 bits per heavy atom. The topological polar surface area (TPSA) is 92.9 Å². The van der Waals surface area contributed by atoms with Gasteiger partial charge < -0.3 is 14.7 Å². The lowest BCUT2D eigenvalue weighted by Gasteiger charge is -2.25. The summed E-state index contributed by atoms with van der Waals surface area (Å²) in [6.07, 6.45) is 0. The van der Waals surface area contributed by atoms with Gasteiger partial charge in [0, 0.05) is 23.4 Å². The van der Waals surface area contributed by atoms with E-state index >= 15 is 4.39 Å². The van der Waals surface area contributed by atoms with Gasteiger partial charge in [0.2, 0.25) is 0 Å². The molecule has 0 atom stereocenters. The van der Waals surface area contributed by atoms with Crippen LogP contribution in [0.25, 0.3) is 16.7 Å². The van der Waals surface area contributed by atoms with Crippen LogP contribution in [0.3, 0.4) is 0 Å². The van der Waals surface area contributed by atoms with E-state index in [0.29, 0.717) is 41.3 Å². The quantitative estimate of drug-likeness (QED) is 0.437. The van der Waals surface area contributed by atoms with Gasteiger partial charge in [-0.1, -0.05) is 17.9 Å². The molecule has 0 saturated carbocycles. The van der Waals surface area contributed by atoms with E-state index in [2.05, 4.69) is 27.0 Å². The van der Waals surface area contributed by atoms with Crippen molar-refractivity contribution in [1.29, 1.82) is 0 Å². The Morgan fingerprint density at radius 1 is 1.20 bits per heavy atom. The molecular weight excluding hydrogens is 456 g/mol. The van der Waals surface area contributed by atoms with Gasteiger partial charge in [-0.2, -0.15) is 4.98 Å². The van der Waals surface area contributed by atoms with Gasteiger partial charge in [0.1, 0.15) is 17.1 Å². The van der Waals surface area contributed by atoms with Crippen molar-refractivity contribution in [2.45, 2.75) is 27.4 Å². The number of aromatic nitrogens is 4. The summed E-state index contributed by atoms with van der Waals surface area (Å²) in [7, 11) is 0. The van der Waals surface area contributed by atoms with Gasteiger partial charge in [-0.15, -0.1) is 10.2 Å². The largest absolute Gasteiger partial charge is 0.480 e. The first-order chi connectivity index (χ1) is 16.7. The van der Waals surface area contributed by atoms with E-state index in [0.717, 1.165) is 6.07 Å². The lowest BCUT2D eigenvalue weighted by molar-refractivity contribution is -0.143. The van der Waals surface area contributed by atoms with Gasteiger partial charge in [0.05, 0.1) is 24.1 Å². The first kappa shape index (κ1) is 22.7. The summed E-state index contributed by atoms with van der Waals surface area (Å²) in [4.78, 5) is 17.8. The molecule has 0 amide bonds. The molecule has 1 aliphatic heterocycles. The van der Waals surface area contributed by atoms with Crippen LogP contribution in [0, 0.1) is 35.8 Å². The molecule has 0 radical (unpaired) electrons. The van der Waals surface area contributed by atoms with Gasteiger partial charge in [0.25, 0.3) is 5.78 Å². The van der Waals surface area contributed by atoms with Crippen LogP contribution in [0.2, 0.25) is 0 Å². The summed E-state index contributed by atoms with van der Waals surface area (Å²) in [5.74, 6) is 3.65. The number of fused-ring (bicyclic) bond motifs is 4. The molecule has 0 spiro atoms. The van der Waals surface area contributed by atoms with Gasteiger partial charge >= 0.3 is 5.97 Å². The van der Waals surface area contributed by atoms with Crippen LogP contribution < -0.4 is 4.90 Å². The molecule has 10 heteroatoms.